The van der Waals surface area contributed by atoms with Gasteiger partial charge in [0.1, 0.15) is 11.6 Å². The second-order valence-electron chi connectivity index (χ2n) is 4.69. The van der Waals surface area contributed by atoms with Gasteiger partial charge in [-0.2, -0.15) is 0 Å². The third-order valence-electron chi connectivity index (χ3n) is 2.95. The van der Waals surface area contributed by atoms with Crippen LogP contribution in [0, 0.1) is 5.82 Å². The molecular weight excluding hydrogens is 250 g/mol. The van der Waals surface area contributed by atoms with Crippen molar-refractivity contribution >= 4 is 0 Å². The molecule has 0 spiro atoms. The molecular formula is C15H14F2O2. The SMILES string of the molecule is CC(C)c1ccc(-c2cc(O)cc(OF)c2)c(F)c1. The summed E-state index contributed by atoms with van der Waals surface area (Å²) < 4.78 is 26.2. The monoisotopic (exact) mass is 264 g/mol. The quantitative estimate of drug-likeness (QED) is 0.878. The van der Waals surface area contributed by atoms with Gasteiger partial charge in [-0.25, -0.2) is 4.39 Å². The minimum Gasteiger partial charge on any atom is -0.508 e. The van der Waals surface area contributed by atoms with Crippen LogP contribution in [0.5, 0.6) is 11.5 Å². The summed E-state index contributed by atoms with van der Waals surface area (Å²) >= 11 is 0. The van der Waals surface area contributed by atoms with Gasteiger partial charge in [-0.1, -0.05) is 26.0 Å². The smallest absolute Gasteiger partial charge is 0.176 e. The Bertz CT molecular complexity index is 595. The van der Waals surface area contributed by atoms with E-state index in [1.54, 1.807) is 6.07 Å². The lowest BCUT2D eigenvalue weighted by Gasteiger charge is -2.09. The molecule has 2 aromatic carbocycles. The van der Waals surface area contributed by atoms with Crippen LogP contribution in [0.15, 0.2) is 36.4 Å². The van der Waals surface area contributed by atoms with E-state index in [1.165, 1.54) is 18.2 Å². The zero-order chi connectivity index (χ0) is 14.0. The highest BCUT2D eigenvalue weighted by molar-refractivity contribution is 5.68. The molecule has 0 saturated heterocycles. The van der Waals surface area contributed by atoms with Crippen molar-refractivity contribution in [3.63, 3.8) is 0 Å². The van der Waals surface area contributed by atoms with Gasteiger partial charge in [0.2, 0.25) is 0 Å². The molecule has 0 bridgehead atoms. The van der Waals surface area contributed by atoms with Crippen LogP contribution in [0.1, 0.15) is 25.3 Å². The van der Waals surface area contributed by atoms with Gasteiger partial charge in [0, 0.05) is 16.2 Å². The van der Waals surface area contributed by atoms with E-state index in [1.807, 2.05) is 19.9 Å². The number of halogens is 2. The van der Waals surface area contributed by atoms with Gasteiger partial charge >= 0.3 is 0 Å². The maximum Gasteiger partial charge on any atom is 0.176 e. The van der Waals surface area contributed by atoms with E-state index in [-0.39, 0.29) is 17.4 Å². The summed E-state index contributed by atoms with van der Waals surface area (Å²) in [5.74, 6) is -0.543. The summed E-state index contributed by atoms with van der Waals surface area (Å²) in [5, 5.41) is 9.45. The third kappa shape index (κ3) is 2.84. The Morgan fingerprint density at radius 3 is 2.42 bits per heavy atom. The molecule has 0 amide bonds. The fourth-order valence-electron chi connectivity index (χ4n) is 1.91. The van der Waals surface area contributed by atoms with Crippen molar-refractivity contribution in [3.8, 4) is 22.6 Å². The maximum atomic E-state index is 14.0. The summed E-state index contributed by atoms with van der Waals surface area (Å²) in [7, 11) is 0. The fourth-order valence-corrected chi connectivity index (χ4v) is 1.91. The predicted molar refractivity (Wildman–Crippen MR) is 69.3 cm³/mol. The standard InChI is InChI=1S/C15H14F2O2/c1-9(2)10-3-4-14(15(16)7-10)11-5-12(18)8-13(6-11)19-17/h3-9,18H,1-2H3. The fraction of sp³-hybridized carbons (Fsp3) is 0.200. The zero-order valence-corrected chi connectivity index (χ0v) is 10.7. The Balaban J connectivity index is 2.50. The Hall–Kier alpha value is -2.10. The second kappa shape index (κ2) is 5.26. The van der Waals surface area contributed by atoms with Crippen molar-refractivity contribution in [1.82, 2.24) is 0 Å². The van der Waals surface area contributed by atoms with E-state index in [0.29, 0.717) is 11.1 Å². The average molecular weight is 264 g/mol. The maximum absolute atomic E-state index is 14.0. The van der Waals surface area contributed by atoms with Gasteiger partial charge < -0.3 is 5.11 Å². The van der Waals surface area contributed by atoms with Crippen molar-refractivity contribution in [1.29, 1.82) is 0 Å². The molecule has 19 heavy (non-hydrogen) atoms. The molecule has 2 aromatic rings. The Kier molecular flexibility index (Phi) is 3.69. The van der Waals surface area contributed by atoms with Crippen LogP contribution in [0.4, 0.5) is 8.92 Å². The molecule has 0 fully saturated rings. The molecule has 0 aliphatic carbocycles. The van der Waals surface area contributed by atoms with E-state index in [9.17, 15) is 14.0 Å². The summed E-state index contributed by atoms with van der Waals surface area (Å²) in [5.41, 5.74) is 1.53. The lowest BCUT2D eigenvalue weighted by molar-refractivity contribution is -0.00635. The van der Waals surface area contributed by atoms with E-state index in [0.717, 1.165) is 11.6 Å². The lowest BCUT2D eigenvalue weighted by atomic mass is 9.98. The molecule has 0 radical (unpaired) electrons. The first kappa shape index (κ1) is 13.3. The van der Waals surface area contributed by atoms with Gasteiger partial charge in [-0.05, 0) is 35.2 Å². The molecule has 4 heteroatoms. The van der Waals surface area contributed by atoms with E-state index < -0.39 is 5.82 Å². The van der Waals surface area contributed by atoms with E-state index in [4.69, 9.17) is 0 Å². The van der Waals surface area contributed by atoms with Crippen LogP contribution in [-0.2, 0) is 0 Å². The largest absolute Gasteiger partial charge is 0.508 e. The van der Waals surface area contributed by atoms with E-state index in [2.05, 4.69) is 4.94 Å². The topological polar surface area (TPSA) is 29.5 Å². The zero-order valence-electron chi connectivity index (χ0n) is 10.7. The molecule has 2 rings (SSSR count). The number of hydrogen-bond donors (Lipinski definition) is 1. The van der Waals surface area contributed by atoms with Gasteiger partial charge in [-0.15, -0.1) is 0 Å². The minimum absolute atomic E-state index is 0.165. The first-order valence-electron chi connectivity index (χ1n) is 5.93. The number of aromatic hydroxyl groups is 1. The molecule has 0 aliphatic heterocycles. The van der Waals surface area contributed by atoms with Crippen molar-refractivity contribution in [3.05, 3.63) is 47.8 Å². The van der Waals surface area contributed by atoms with Gasteiger partial charge in [-0.3, -0.25) is 4.94 Å². The van der Waals surface area contributed by atoms with Crippen molar-refractivity contribution in [2.24, 2.45) is 0 Å². The number of hydrogen-bond acceptors (Lipinski definition) is 2. The highest BCUT2D eigenvalue weighted by atomic mass is 19.3. The van der Waals surface area contributed by atoms with Crippen LogP contribution in [0.2, 0.25) is 0 Å². The summed E-state index contributed by atoms with van der Waals surface area (Å²) in [6, 6.07) is 8.66. The van der Waals surface area contributed by atoms with Crippen LogP contribution in [0.3, 0.4) is 0 Å². The van der Waals surface area contributed by atoms with Crippen LogP contribution in [-0.4, -0.2) is 5.11 Å². The van der Waals surface area contributed by atoms with Gasteiger partial charge in [0.25, 0.3) is 0 Å². The number of phenolic OH excluding ortho intramolecular Hbond substituents is 1. The van der Waals surface area contributed by atoms with Crippen LogP contribution < -0.4 is 4.94 Å². The molecule has 1 N–H and O–H groups in total. The molecule has 0 saturated carbocycles. The second-order valence-corrected chi connectivity index (χ2v) is 4.69. The highest BCUT2D eigenvalue weighted by Crippen LogP contribution is 2.32. The summed E-state index contributed by atoms with van der Waals surface area (Å²) in [6.45, 7) is 3.94. The summed E-state index contributed by atoms with van der Waals surface area (Å²) in [4.78, 5) is 3.58. The number of rotatable bonds is 3. The van der Waals surface area contributed by atoms with Crippen molar-refractivity contribution < 1.29 is 19.0 Å². The Morgan fingerprint density at radius 2 is 1.84 bits per heavy atom. The molecule has 2 nitrogen and oxygen atoms in total. The normalized spacial score (nSPS) is 10.8. The first-order chi connectivity index (χ1) is 9.01. The van der Waals surface area contributed by atoms with Crippen LogP contribution in [0.25, 0.3) is 11.1 Å². The van der Waals surface area contributed by atoms with Crippen molar-refractivity contribution in [2.75, 3.05) is 0 Å². The molecule has 0 atom stereocenters. The number of benzene rings is 2. The number of phenols is 1. The van der Waals surface area contributed by atoms with Crippen molar-refractivity contribution in [2.45, 2.75) is 19.8 Å². The molecule has 0 heterocycles. The summed E-state index contributed by atoms with van der Waals surface area (Å²) in [6.07, 6.45) is 0. The van der Waals surface area contributed by atoms with E-state index >= 15 is 0 Å². The van der Waals surface area contributed by atoms with Crippen LogP contribution >= 0.6 is 0 Å². The molecule has 0 aliphatic rings. The predicted octanol–water partition coefficient (Wildman–Crippen LogP) is 4.59. The third-order valence-corrected chi connectivity index (χ3v) is 2.95. The Labute approximate surface area is 110 Å². The highest BCUT2D eigenvalue weighted by Gasteiger charge is 2.10. The molecule has 0 unspecified atom stereocenters. The lowest BCUT2D eigenvalue weighted by Crippen LogP contribution is -1.91. The molecule has 100 valence electrons. The van der Waals surface area contributed by atoms with Gasteiger partial charge in [0.15, 0.2) is 5.75 Å². The molecule has 0 aromatic heterocycles. The average Bonchev–Trinajstić information content (AvgIpc) is 2.37. The minimum atomic E-state index is -0.415. The Morgan fingerprint density at radius 1 is 1.11 bits per heavy atom. The first-order valence-corrected chi connectivity index (χ1v) is 5.93. The van der Waals surface area contributed by atoms with Gasteiger partial charge in [0.05, 0.1) is 0 Å².